The van der Waals surface area contributed by atoms with Gasteiger partial charge in [-0.2, -0.15) is 0 Å². The molecule has 0 atom stereocenters. The van der Waals surface area contributed by atoms with Crippen LogP contribution in [-0.2, 0) is 0 Å². The molecule has 1 fully saturated rings. The lowest BCUT2D eigenvalue weighted by atomic mass is 9.78. The summed E-state index contributed by atoms with van der Waals surface area (Å²) in [5, 5.41) is 0. The van der Waals surface area contributed by atoms with Gasteiger partial charge in [-0.1, -0.05) is 12.2 Å². The summed E-state index contributed by atoms with van der Waals surface area (Å²) in [6.45, 7) is 2.00. The van der Waals surface area contributed by atoms with E-state index in [1.165, 1.54) is 0 Å². The molecule has 0 aromatic heterocycles. The van der Waals surface area contributed by atoms with Crippen molar-refractivity contribution in [2.24, 2.45) is 5.92 Å². The molecule has 0 spiro atoms. The van der Waals surface area contributed by atoms with Crippen LogP contribution in [-0.4, -0.2) is 0 Å². The number of hydrogen-bond acceptors (Lipinski definition) is 0. The molecular formula is C15H17F3. The minimum absolute atomic E-state index is 0.149. The van der Waals surface area contributed by atoms with E-state index in [0.717, 1.165) is 37.8 Å². The maximum Gasteiger partial charge on any atom is 0.194 e. The van der Waals surface area contributed by atoms with Crippen molar-refractivity contribution < 1.29 is 13.2 Å². The third-order valence-electron chi connectivity index (χ3n) is 3.71. The summed E-state index contributed by atoms with van der Waals surface area (Å²) in [6.07, 6.45) is 8.08. The van der Waals surface area contributed by atoms with E-state index in [4.69, 9.17) is 0 Å². The zero-order chi connectivity index (χ0) is 13.1. The average molecular weight is 254 g/mol. The van der Waals surface area contributed by atoms with E-state index in [1.807, 2.05) is 13.0 Å². The molecule has 0 radical (unpaired) electrons. The highest BCUT2D eigenvalue weighted by Crippen LogP contribution is 2.37. The van der Waals surface area contributed by atoms with Crippen molar-refractivity contribution in [3.63, 3.8) is 0 Å². The predicted molar refractivity (Wildman–Crippen MR) is 65.8 cm³/mol. The highest BCUT2D eigenvalue weighted by Gasteiger charge is 2.23. The number of halogens is 3. The Morgan fingerprint density at radius 3 is 2.06 bits per heavy atom. The molecule has 0 amide bonds. The predicted octanol–water partition coefficient (Wildman–Crippen LogP) is 4.95. The lowest BCUT2D eigenvalue weighted by Crippen LogP contribution is -2.12. The molecule has 1 aliphatic carbocycles. The molecule has 0 nitrogen and oxygen atoms in total. The van der Waals surface area contributed by atoms with Crippen molar-refractivity contribution in [1.29, 1.82) is 0 Å². The van der Waals surface area contributed by atoms with E-state index < -0.39 is 17.5 Å². The van der Waals surface area contributed by atoms with Gasteiger partial charge in [0.1, 0.15) is 0 Å². The van der Waals surface area contributed by atoms with Crippen LogP contribution in [0.15, 0.2) is 24.3 Å². The minimum Gasteiger partial charge on any atom is -0.204 e. The molecule has 1 aromatic carbocycles. The van der Waals surface area contributed by atoms with Gasteiger partial charge in [-0.15, -0.1) is 0 Å². The first-order valence-electron chi connectivity index (χ1n) is 6.39. The summed E-state index contributed by atoms with van der Waals surface area (Å²) in [5.74, 6) is -2.82. The molecule has 0 bridgehead atoms. The highest BCUT2D eigenvalue weighted by molar-refractivity contribution is 5.23. The van der Waals surface area contributed by atoms with Crippen LogP contribution in [0.1, 0.15) is 44.1 Å². The van der Waals surface area contributed by atoms with Gasteiger partial charge in [0, 0.05) is 0 Å². The molecule has 0 N–H and O–H groups in total. The summed E-state index contributed by atoms with van der Waals surface area (Å²) in [4.78, 5) is 0. The van der Waals surface area contributed by atoms with Crippen LogP contribution < -0.4 is 0 Å². The number of rotatable bonds is 2. The van der Waals surface area contributed by atoms with Crippen LogP contribution in [0.5, 0.6) is 0 Å². The summed E-state index contributed by atoms with van der Waals surface area (Å²) < 4.78 is 39.2. The second-order valence-corrected chi connectivity index (χ2v) is 4.94. The Hall–Kier alpha value is -1.25. The number of benzene rings is 1. The maximum atomic E-state index is 13.2. The lowest BCUT2D eigenvalue weighted by molar-refractivity contribution is 0.371. The van der Waals surface area contributed by atoms with E-state index in [0.29, 0.717) is 11.5 Å². The number of allylic oxidation sites excluding steroid dienone is 2. The van der Waals surface area contributed by atoms with Gasteiger partial charge in [0.15, 0.2) is 17.5 Å². The highest BCUT2D eigenvalue weighted by atomic mass is 19.2. The fraction of sp³-hybridized carbons (Fsp3) is 0.467. The molecule has 0 saturated heterocycles. The average Bonchev–Trinajstić information content (AvgIpc) is 2.37. The van der Waals surface area contributed by atoms with E-state index in [-0.39, 0.29) is 5.92 Å². The van der Waals surface area contributed by atoms with E-state index >= 15 is 0 Å². The molecule has 1 aromatic rings. The van der Waals surface area contributed by atoms with Gasteiger partial charge in [0.2, 0.25) is 0 Å². The van der Waals surface area contributed by atoms with Crippen molar-refractivity contribution in [2.75, 3.05) is 0 Å². The van der Waals surface area contributed by atoms with Crippen LogP contribution in [0.25, 0.3) is 0 Å². The van der Waals surface area contributed by atoms with Crippen LogP contribution in [0.3, 0.4) is 0 Å². The van der Waals surface area contributed by atoms with Crippen LogP contribution in [0, 0.1) is 23.4 Å². The van der Waals surface area contributed by atoms with E-state index in [2.05, 4.69) is 6.08 Å². The van der Waals surface area contributed by atoms with Crippen molar-refractivity contribution in [1.82, 2.24) is 0 Å². The molecule has 98 valence electrons. The minimum atomic E-state index is -1.37. The van der Waals surface area contributed by atoms with Gasteiger partial charge in [-0.05, 0) is 62.1 Å². The Labute approximate surface area is 106 Å². The Balaban J connectivity index is 2.10. The zero-order valence-electron chi connectivity index (χ0n) is 10.4. The smallest absolute Gasteiger partial charge is 0.194 e. The summed E-state index contributed by atoms with van der Waals surface area (Å²) in [7, 11) is 0. The first kappa shape index (κ1) is 13.2. The zero-order valence-corrected chi connectivity index (χ0v) is 10.4. The Morgan fingerprint density at radius 2 is 1.56 bits per heavy atom. The molecule has 2 rings (SSSR count). The molecular weight excluding hydrogens is 237 g/mol. The summed E-state index contributed by atoms with van der Waals surface area (Å²) in [6, 6.07) is 2.28. The van der Waals surface area contributed by atoms with Crippen LogP contribution in [0.4, 0.5) is 13.2 Å². The third-order valence-corrected chi connectivity index (χ3v) is 3.71. The van der Waals surface area contributed by atoms with Gasteiger partial charge in [-0.3, -0.25) is 0 Å². The van der Waals surface area contributed by atoms with Crippen LogP contribution >= 0.6 is 0 Å². The first-order chi connectivity index (χ1) is 8.61. The van der Waals surface area contributed by atoms with Gasteiger partial charge in [-0.25, -0.2) is 13.2 Å². The van der Waals surface area contributed by atoms with Crippen molar-refractivity contribution >= 4 is 0 Å². The van der Waals surface area contributed by atoms with Crippen molar-refractivity contribution in [3.8, 4) is 0 Å². The van der Waals surface area contributed by atoms with Gasteiger partial charge in [0.05, 0.1) is 0 Å². The van der Waals surface area contributed by atoms with Crippen LogP contribution in [0.2, 0.25) is 0 Å². The monoisotopic (exact) mass is 254 g/mol. The SMILES string of the molecule is CC=CC1CCC(c2cc(F)c(F)c(F)c2)CC1. The third kappa shape index (κ3) is 2.77. The van der Waals surface area contributed by atoms with Gasteiger partial charge >= 0.3 is 0 Å². The molecule has 0 unspecified atom stereocenters. The Bertz CT molecular complexity index is 420. The molecule has 18 heavy (non-hydrogen) atoms. The Kier molecular flexibility index (Phi) is 4.10. The quantitative estimate of drug-likeness (QED) is 0.517. The topological polar surface area (TPSA) is 0 Å². The van der Waals surface area contributed by atoms with Crippen molar-refractivity contribution in [3.05, 3.63) is 47.3 Å². The fourth-order valence-electron chi connectivity index (χ4n) is 2.73. The van der Waals surface area contributed by atoms with E-state index in [1.54, 1.807) is 0 Å². The molecule has 3 heteroatoms. The normalized spacial score (nSPS) is 24.7. The Morgan fingerprint density at radius 1 is 1.00 bits per heavy atom. The molecule has 0 heterocycles. The lowest BCUT2D eigenvalue weighted by Gasteiger charge is -2.27. The molecule has 1 saturated carbocycles. The maximum absolute atomic E-state index is 13.2. The summed E-state index contributed by atoms with van der Waals surface area (Å²) >= 11 is 0. The summed E-state index contributed by atoms with van der Waals surface area (Å²) in [5.41, 5.74) is 0.588. The standard InChI is InChI=1S/C15H17F3/c1-2-3-10-4-6-11(7-5-10)12-8-13(16)15(18)14(17)9-12/h2-3,8-11H,4-7H2,1H3. The van der Waals surface area contributed by atoms with Gasteiger partial charge < -0.3 is 0 Å². The second-order valence-electron chi connectivity index (χ2n) is 4.94. The first-order valence-corrected chi connectivity index (χ1v) is 6.39. The van der Waals surface area contributed by atoms with E-state index in [9.17, 15) is 13.2 Å². The fourth-order valence-corrected chi connectivity index (χ4v) is 2.73. The molecule has 0 aliphatic heterocycles. The second kappa shape index (κ2) is 5.59. The number of hydrogen-bond donors (Lipinski definition) is 0. The largest absolute Gasteiger partial charge is 0.204 e. The molecule has 1 aliphatic rings. The van der Waals surface area contributed by atoms with Crippen molar-refractivity contribution in [2.45, 2.75) is 38.5 Å². The van der Waals surface area contributed by atoms with Gasteiger partial charge in [0.25, 0.3) is 0 Å².